The molecule has 1 unspecified atom stereocenters. The number of methoxy groups -OCH3 is 2. The van der Waals surface area contributed by atoms with E-state index in [-0.39, 0.29) is 24.9 Å². The van der Waals surface area contributed by atoms with Gasteiger partial charge in [0.05, 0.1) is 27.4 Å². The quantitative estimate of drug-likeness (QED) is 0.152. The van der Waals surface area contributed by atoms with Gasteiger partial charge in [0.15, 0.2) is 11.9 Å². The lowest BCUT2D eigenvalue weighted by atomic mass is 10.1. The highest BCUT2D eigenvalue weighted by atomic mass is 31.2. The first-order valence-corrected chi connectivity index (χ1v) is 15.8. The molecule has 0 bridgehead atoms. The van der Waals surface area contributed by atoms with Gasteiger partial charge in [-0.1, -0.05) is 31.5 Å². The first kappa shape index (κ1) is 35.3. The van der Waals surface area contributed by atoms with Crippen LogP contribution in [0.5, 0.6) is 17.2 Å². The molecule has 1 heterocycles. The highest BCUT2D eigenvalue weighted by Crippen LogP contribution is 2.46. The Hall–Kier alpha value is -3.19. The molecule has 2 aromatic rings. The van der Waals surface area contributed by atoms with Crippen LogP contribution in [0.4, 0.5) is 0 Å². The summed E-state index contributed by atoms with van der Waals surface area (Å²) in [6, 6.07) is 11.0. The van der Waals surface area contributed by atoms with E-state index in [0.29, 0.717) is 17.1 Å². The number of nitrogens with one attached hydrogen (secondary N) is 2. The number of hydrogen-bond acceptors (Lipinski definition) is 11. The zero-order valence-corrected chi connectivity index (χ0v) is 27.3. The number of esters is 1. The van der Waals surface area contributed by atoms with Crippen molar-refractivity contribution in [3.8, 4) is 17.2 Å². The van der Waals surface area contributed by atoms with Gasteiger partial charge in [0.2, 0.25) is 0 Å². The zero-order chi connectivity index (χ0) is 32.5. The van der Waals surface area contributed by atoms with Gasteiger partial charge in [0.1, 0.15) is 36.0 Å². The molecule has 4 atom stereocenters. The maximum atomic E-state index is 14.1. The lowest BCUT2D eigenvalue weighted by Crippen LogP contribution is -2.44. The van der Waals surface area contributed by atoms with Crippen molar-refractivity contribution in [2.75, 3.05) is 27.4 Å². The van der Waals surface area contributed by atoms with Crippen molar-refractivity contribution in [1.82, 2.24) is 10.6 Å². The van der Waals surface area contributed by atoms with Crippen LogP contribution in [0.3, 0.4) is 0 Å². The Morgan fingerprint density at radius 3 is 2.32 bits per heavy atom. The molecular formula is C30H43N2O11P. The second-order valence-electron chi connectivity index (χ2n) is 10.8. The number of aryl methyl sites for hydroxylation is 1. The van der Waals surface area contributed by atoms with Crippen molar-refractivity contribution in [1.29, 1.82) is 0 Å². The van der Waals surface area contributed by atoms with Gasteiger partial charge in [-0.2, -0.15) is 5.09 Å². The van der Waals surface area contributed by atoms with Gasteiger partial charge in [-0.05, 0) is 57.9 Å². The van der Waals surface area contributed by atoms with Gasteiger partial charge < -0.3 is 28.2 Å². The highest BCUT2D eigenvalue weighted by Gasteiger charge is 2.47. The number of ether oxygens (including phenoxy) is 5. The van der Waals surface area contributed by atoms with Crippen molar-refractivity contribution in [2.24, 2.45) is 5.92 Å². The summed E-state index contributed by atoms with van der Waals surface area (Å²) in [4.78, 5) is 31.3. The van der Waals surface area contributed by atoms with Gasteiger partial charge in [-0.25, -0.2) is 10.0 Å². The fraction of sp³-hybridized carbons (Fsp3) is 0.533. The molecule has 0 aliphatic carbocycles. The van der Waals surface area contributed by atoms with Crippen LogP contribution in [0.15, 0.2) is 42.5 Å². The number of rotatable bonds is 16. The number of hydroxylamine groups is 1. The summed E-state index contributed by atoms with van der Waals surface area (Å²) in [5.74, 6) is -1.37. The third-order valence-corrected chi connectivity index (χ3v) is 8.03. The SMILES string of the molecule is CCOC(=O)[C@@H](NP(=O)(OC[C@H]1OC(C)(C)O[C@H]1C(=O)NOCc1ccc(OC)cc1OC)Oc1ccc(C)cc1)C(C)C. The van der Waals surface area contributed by atoms with Gasteiger partial charge >= 0.3 is 13.7 Å². The third kappa shape index (κ3) is 9.91. The molecule has 1 amide bonds. The molecule has 14 heteroatoms. The molecule has 1 saturated heterocycles. The van der Waals surface area contributed by atoms with E-state index in [1.165, 1.54) is 7.11 Å². The topological polar surface area (TPSA) is 149 Å². The molecule has 244 valence electrons. The number of carbonyl (C=O) groups excluding carboxylic acids is 2. The number of hydrogen-bond donors (Lipinski definition) is 2. The van der Waals surface area contributed by atoms with Gasteiger partial charge in [0, 0.05) is 11.6 Å². The molecule has 1 aliphatic heterocycles. The minimum atomic E-state index is -4.25. The Bertz CT molecular complexity index is 1300. The molecule has 13 nitrogen and oxygen atoms in total. The predicted octanol–water partition coefficient (Wildman–Crippen LogP) is 4.46. The summed E-state index contributed by atoms with van der Waals surface area (Å²) in [6.07, 6.45) is -2.21. The molecule has 2 aromatic carbocycles. The Morgan fingerprint density at radius 1 is 1.02 bits per heavy atom. The smallest absolute Gasteiger partial charge is 0.459 e. The second-order valence-corrected chi connectivity index (χ2v) is 12.5. The largest absolute Gasteiger partial charge is 0.497 e. The van der Waals surface area contributed by atoms with E-state index in [2.05, 4.69) is 10.6 Å². The van der Waals surface area contributed by atoms with Crippen molar-refractivity contribution >= 4 is 19.6 Å². The average Bonchev–Trinajstić information content (AvgIpc) is 3.30. The first-order chi connectivity index (χ1) is 20.8. The monoisotopic (exact) mass is 638 g/mol. The summed E-state index contributed by atoms with van der Waals surface area (Å²) in [5.41, 5.74) is 4.01. The standard InChI is InChI=1S/C30H43N2O11P/c1-9-38-29(34)26(19(2)3)32-44(35,43-22-13-10-20(4)11-14-22)40-18-25-27(42-30(5,6)41-25)28(33)31-39-17-21-12-15-23(36-7)16-24(21)37-8/h10-16,19,25-27H,9,17-18H2,1-8H3,(H,31,33)(H,32,35)/t25-,26+,27-,44?/m1/s1. The first-order valence-electron chi connectivity index (χ1n) is 14.2. The summed E-state index contributed by atoms with van der Waals surface area (Å²) >= 11 is 0. The van der Waals surface area contributed by atoms with E-state index in [1.807, 2.05) is 6.92 Å². The molecule has 0 spiro atoms. The van der Waals surface area contributed by atoms with Crippen LogP contribution < -0.4 is 24.6 Å². The third-order valence-electron chi connectivity index (χ3n) is 6.50. The summed E-state index contributed by atoms with van der Waals surface area (Å²) in [5, 5.41) is 2.73. The average molecular weight is 639 g/mol. The number of amides is 1. The highest BCUT2D eigenvalue weighted by molar-refractivity contribution is 7.52. The van der Waals surface area contributed by atoms with Crippen LogP contribution in [0.2, 0.25) is 0 Å². The fourth-order valence-electron chi connectivity index (χ4n) is 4.27. The van der Waals surface area contributed by atoms with E-state index in [0.717, 1.165) is 5.56 Å². The Kier molecular flexibility index (Phi) is 12.6. The minimum Gasteiger partial charge on any atom is -0.497 e. The normalized spacial score (nSPS) is 19.6. The van der Waals surface area contributed by atoms with Gasteiger partial charge in [-0.15, -0.1) is 0 Å². The molecule has 1 fully saturated rings. The van der Waals surface area contributed by atoms with Gasteiger partial charge in [-0.3, -0.25) is 19.0 Å². The molecule has 0 radical (unpaired) electrons. The van der Waals surface area contributed by atoms with Gasteiger partial charge in [0.25, 0.3) is 5.91 Å². The lowest BCUT2D eigenvalue weighted by molar-refractivity contribution is -0.163. The number of carbonyl (C=O) groups is 2. The van der Waals surface area contributed by atoms with Crippen LogP contribution in [0.25, 0.3) is 0 Å². The lowest BCUT2D eigenvalue weighted by Gasteiger charge is -2.27. The van der Waals surface area contributed by atoms with Crippen LogP contribution in [0.1, 0.15) is 45.7 Å². The van der Waals surface area contributed by atoms with E-state index < -0.39 is 50.3 Å². The maximum absolute atomic E-state index is 14.1. The molecule has 1 aliphatic rings. The van der Waals surface area contributed by atoms with E-state index in [9.17, 15) is 14.2 Å². The molecule has 3 rings (SSSR count). The summed E-state index contributed by atoms with van der Waals surface area (Å²) in [7, 11) is -1.19. The fourth-order valence-corrected chi connectivity index (χ4v) is 5.94. The Balaban J connectivity index is 1.74. The van der Waals surface area contributed by atoms with Crippen molar-refractivity contribution in [3.05, 3.63) is 53.6 Å². The van der Waals surface area contributed by atoms with Crippen molar-refractivity contribution < 1.29 is 51.7 Å². The van der Waals surface area contributed by atoms with Crippen molar-refractivity contribution in [3.63, 3.8) is 0 Å². The molecule has 0 saturated carbocycles. The van der Waals surface area contributed by atoms with E-state index >= 15 is 0 Å². The summed E-state index contributed by atoms with van der Waals surface area (Å²) < 4.78 is 53.2. The van der Waals surface area contributed by atoms with Crippen LogP contribution in [0, 0.1) is 12.8 Å². The van der Waals surface area contributed by atoms with Crippen LogP contribution >= 0.6 is 7.75 Å². The maximum Gasteiger partial charge on any atom is 0.459 e. The van der Waals surface area contributed by atoms with Crippen LogP contribution in [-0.2, 0) is 44.3 Å². The molecule has 44 heavy (non-hydrogen) atoms. The molecule has 2 N–H and O–H groups in total. The Morgan fingerprint density at radius 2 is 1.70 bits per heavy atom. The minimum absolute atomic E-state index is 0.00892. The molecular weight excluding hydrogens is 595 g/mol. The summed E-state index contributed by atoms with van der Waals surface area (Å²) in [6.45, 7) is 10.1. The van der Waals surface area contributed by atoms with Crippen molar-refractivity contribution in [2.45, 2.75) is 72.2 Å². The van der Waals surface area contributed by atoms with Crippen LogP contribution in [-0.4, -0.2) is 63.3 Å². The Labute approximate surface area is 258 Å². The predicted molar refractivity (Wildman–Crippen MR) is 160 cm³/mol. The van der Waals surface area contributed by atoms with E-state index in [1.54, 1.807) is 84.2 Å². The van der Waals surface area contributed by atoms with E-state index in [4.69, 9.17) is 37.6 Å². The number of benzene rings is 2. The second kappa shape index (κ2) is 15.7. The zero-order valence-electron chi connectivity index (χ0n) is 26.4. The molecule has 0 aromatic heterocycles.